The molecule has 0 spiro atoms. The average Bonchev–Trinajstić information content (AvgIpc) is 3.25. The Hall–Kier alpha value is -3.20. The normalized spacial score (nSPS) is 25.4. The van der Waals surface area contributed by atoms with Gasteiger partial charge in [-0.15, -0.1) is 23.2 Å². The zero-order valence-corrected chi connectivity index (χ0v) is 24.9. The molecule has 1 heterocycles. The van der Waals surface area contributed by atoms with E-state index >= 15 is 0 Å². The van der Waals surface area contributed by atoms with E-state index in [1.165, 1.54) is 4.90 Å². The molecule has 3 aromatic carbocycles. The first-order valence-electron chi connectivity index (χ1n) is 13.5. The SMILES string of the molecule is O=C(CCCCCN1C(=O)[C@H]2[C@H](C1=O)C1(Cl)c3ccccc3C2(Cl)c2ccccc21)NNC(=O)c1ccc(Br)cc1. The summed E-state index contributed by atoms with van der Waals surface area (Å²) >= 11 is 18.2. The molecule has 3 aromatic rings. The molecule has 3 aliphatic carbocycles. The Balaban J connectivity index is 1.08. The highest BCUT2D eigenvalue weighted by Gasteiger charge is 2.72. The number of imide groups is 1. The van der Waals surface area contributed by atoms with Crippen molar-refractivity contribution in [1.29, 1.82) is 0 Å². The van der Waals surface area contributed by atoms with Crippen LogP contribution >= 0.6 is 39.1 Å². The van der Waals surface area contributed by atoms with Crippen LogP contribution in [0.25, 0.3) is 0 Å². The summed E-state index contributed by atoms with van der Waals surface area (Å²) in [6, 6.07) is 21.9. The van der Waals surface area contributed by atoms with Crippen molar-refractivity contribution in [1.82, 2.24) is 15.8 Å². The highest BCUT2D eigenvalue weighted by atomic mass is 79.9. The number of alkyl halides is 2. The molecule has 1 saturated heterocycles. The topological polar surface area (TPSA) is 95.6 Å². The molecule has 10 heteroatoms. The van der Waals surface area contributed by atoms with Gasteiger partial charge in [-0.05, 0) is 59.4 Å². The lowest BCUT2D eigenvalue weighted by Gasteiger charge is -2.54. The summed E-state index contributed by atoms with van der Waals surface area (Å²) in [5.74, 6) is -2.96. The van der Waals surface area contributed by atoms with Gasteiger partial charge in [0.2, 0.25) is 17.7 Å². The van der Waals surface area contributed by atoms with Crippen LogP contribution in [0, 0.1) is 11.8 Å². The molecule has 2 atom stereocenters. The number of rotatable bonds is 7. The van der Waals surface area contributed by atoms with Gasteiger partial charge in [0, 0.05) is 23.0 Å². The second-order valence-electron chi connectivity index (χ2n) is 10.6. The molecule has 41 heavy (non-hydrogen) atoms. The Bertz CT molecular complexity index is 1460. The zero-order chi connectivity index (χ0) is 28.9. The number of hydrogen-bond acceptors (Lipinski definition) is 4. The lowest BCUT2D eigenvalue weighted by Crippen LogP contribution is -2.57. The van der Waals surface area contributed by atoms with Crippen LogP contribution in [0.3, 0.4) is 0 Å². The van der Waals surface area contributed by atoms with E-state index in [4.69, 9.17) is 23.2 Å². The molecule has 0 aromatic heterocycles. The Kier molecular flexibility index (Phi) is 7.20. The van der Waals surface area contributed by atoms with Gasteiger partial charge in [-0.2, -0.15) is 0 Å². The molecule has 0 saturated carbocycles. The minimum absolute atomic E-state index is 0.188. The van der Waals surface area contributed by atoms with Gasteiger partial charge in [0.05, 0.1) is 11.8 Å². The number of halogens is 3. The van der Waals surface area contributed by atoms with Gasteiger partial charge < -0.3 is 0 Å². The smallest absolute Gasteiger partial charge is 0.269 e. The van der Waals surface area contributed by atoms with Gasteiger partial charge in [-0.3, -0.25) is 34.9 Å². The van der Waals surface area contributed by atoms with Crippen LogP contribution in [-0.2, 0) is 24.1 Å². The van der Waals surface area contributed by atoms with E-state index in [-0.39, 0.29) is 30.7 Å². The van der Waals surface area contributed by atoms with Crippen molar-refractivity contribution in [2.75, 3.05) is 6.54 Å². The molecule has 4 aliphatic rings. The van der Waals surface area contributed by atoms with E-state index in [1.54, 1.807) is 24.3 Å². The maximum absolute atomic E-state index is 13.8. The third-order valence-electron chi connectivity index (χ3n) is 8.38. The summed E-state index contributed by atoms with van der Waals surface area (Å²) in [4.78, 5) is 50.9. The highest BCUT2D eigenvalue weighted by molar-refractivity contribution is 9.10. The van der Waals surface area contributed by atoms with Gasteiger partial charge in [0.1, 0.15) is 9.75 Å². The lowest BCUT2D eigenvalue weighted by atomic mass is 9.54. The number of nitrogens with one attached hydrogen (secondary N) is 2. The van der Waals surface area contributed by atoms with E-state index in [9.17, 15) is 19.2 Å². The minimum atomic E-state index is -1.19. The number of carbonyl (C=O) groups excluding carboxylic acids is 4. The molecule has 210 valence electrons. The van der Waals surface area contributed by atoms with E-state index in [0.29, 0.717) is 24.8 Å². The molecule has 7 nitrogen and oxygen atoms in total. The predicted molar refractivity (Wildman–Crippen MR) is 158 cm³/mol. The largest absolute Gasteiger partial charge is 0.282 e. The minimum Gasteiger partial charge on any atom is -0.282 e. The fraction of sp³-hybridized carbons (Fsp3) is 0.290. The molecule has 1 aliphatic heterocycles. The number of benzene rings is 3. The molecule has 1 fully saturated rings. The van der Waals surface area contributed by atoms with Crippen molar-refractivity contribution in [3.63, 3.8) is 0 Å². The number of likely N-dealkylation sites (tertiary alicyclic amines) is 1. The third-order valence-corrected chi connectivity index (χ3v) is 10.2. The van der Waals surface area contributed by atoms with Crippen molar-refractivity contribution >= 4 is 62.8 Å². The quantitative estimate of drug-likeness (QED) is 0.155. The number of hydrazine groups is 1. The Morgan fingerprint density at radius 1 is 0.732 bits per heavy atom. The molecule has 4 amide bonds. The summed E-state index contributed by atoms with van der Waals surface area (Å²) in [6.45, 7) is 0.221. The number of amides is 4. The first-order valence-corrected chi connectivity index (χ1v) is 15.0. The van der Waals surface area contributed by atoms with Crippen LogP contribution in [0.4, 0.5) is 0 Å². The summed E-state index contributed by atoms with van der Waals surface area (Å²) in [7, 11) is 0. The summed E-state index contributed by atoms with van der Waals surface area (Å²) in [5, 5.41) is 0. The fourth-order valence-electron chi connectivity index (χ4n) is 6.54. The van der Waals surface area contributed by atoms with Crippen LogP contribution in [0.5, 0.6) is 0 Å². The van der Waals surface area contributed by atoms with Crippen molar-refractivity contribution < 1.29 is 19.2 Å². The zero-order valence-electron chi connectivity index (χ0n) is 21.8. The molecule has 2 N–H and O–H groups in total. The first kappa shape index (κ1) is 27.9. The van der Waals surface area contributed by atoms with Crippen molar-refractivity contribution in [3.05, 3.63) is 105 Å². The van der Waals surface area contributed by atoms with E-state index in [2.05, 4.69) is 26.8 Å². The van der Waals surface area contributed by atoms with Gasteiger partial charge >= 0.3 is 0 Å². The maximum atomic E-state index is 13.8. The van der Waals surface area contributed by atoms with Crippen LogP contribution in [-0.4, -0.2) is 35.1 Å². The van der Waals surface area contributed by atoms with Crippen LogP contribution in [0.1, 0.15) is 58.3 Å². The van der Waals surface area contributed by atoms with Crippen molar-refractivity contribution in [2.45, 2.75) is 35.4 Å². The lowest BCUT2D eigenvalue weighted by molar-refractivity contribution is -0.140. The summed E-state index contributed by atoms with van der Waals surface area (Å²) in [6.07, 6.45) is 1.85. The monoisotopic (exact) mass is 653 g/mol. The van der Waals surface area contributed by atoms with E-state index < -0.39 is 27.5 Å². The van der Waals surface area contributed by atoms with Crippen LogP contribution < -0.4 is 10.9 Å². The van der Waals surface area contributed by atoms with Crippen LogP contribution in [0.15, 0.2) is 77.3 Å². The van der Waals surface area contributed by atoms with E-state index in [0.717, 1.165) is 26.7 Å². The first-order chi connectivity index (χ1) is 19.7. The molecule has 0 unspecified atom stereocenters. The second kappa shape index (κ2) is 10.6. The standard InChI is InChI=1S/C31H26BrCl2N3O4/c32-19-15-13-18(14-16-19)27(39)36-35-24(38)12-2-1-7-17-37-28(40)25-26(29(37)41)31(34)21-9-4-3-8-20(21)30(25,33)22-10-5-6-11-23(22)31/h3-6,8-11,13-16,25-26H,1-2,7,12,17H2,(H,35,38)(H,36,39)/t25-,26-,30?,31?/m1/s1. The molecular formula is C31H26BrCl2N3O4. The average molecular weight is 655 g/mol. The molecule has 7 rings (SSSR count). The molecule has 0 radical (unpaired) electrons. The van der Waals surface area contributed by atoms with Crippen molar-refractivity contribution in [2.24, 2.45) is 11.8 Å². The predicted octanol–water partition coefficient (Wildman–Crippen LogP) is 5.36. The summed E-state index contributed by atoms with van der Waals surface area (Å²) in [5.41, 5.74) is 8.35. The maximum Gasteiger partial charge on any atom is 0.269 e. The highest BCUT2D eigenvalue weighted by Crippen LogP contribution is 2.69. The third kappa shape index (κ3) is 4.30. The summed E-state index contributed by atoms with van der Waals surface area (Å²) < 4.78 is 0.848. The number of carbonyl (C=O) groups is 4. The number of unbranched alkanes of at least 4 members (excludes halogenated alkanes) is 2. The Morgan fingerprint density at radius 2 is 1.22 bits per heavy atom. The van der Waals surface area contributed by atoms with E-state index in [1.807, 2.05) is 48.5 Å². The van der Waals surface area contributed by atoms with Gasteiger partial charge in [0.15, 0.2) is 0 Å². The number of nitrogens with zero attached hydrogens (tertiary/aromatic N) is 1. The number of hydrogen-bond donors (Lipinski definition) is 2. The molecule has 2 bridgehead atoms. The molecular weight excluding hydrogens is 629 g/mol. The van der Waals surface area contributed by atoms with Gasteiger partial charge in [0.25, 0.3) is 5.91 Å². The van der Waals surface area contributed by atoms with Crippen LogP contribution in [0.2, 0.25) is 0 Å². The van der Waals surface area contributed by atoms with Crippen molar-refractivity contribution in [3.8, 4) is 0 Å². The fourth-order valence-corrected chi connectivity index (χ4v) is 7.90. The Labute approximate surface area is 255 Å². The van der Waals surface area contributed by atoms with Gasteiger partial charge in [-0.25, -0.2) is 0 Å². The second-order valence-corrected chi connectivity index (χ2v) is 12.7. The Morgan fingerprint density at radius 3 is 1.71 bits per heavy atom. The van der Waals surface area contributed by atoms with Gasteiger partial charge in [-0.1, -0.05) is 70.9 Å².